The normalized spacial score (nSPS) is 20.0. The summed E-state index contributed by atoms with van der Waals surface area (Å²) in [6.45, 7) is -0.257. The predicted molar refractivity (Wildman–Crippen MR) is 73.9 cm³/mol. The van der Waals surface area contributed by atoms with Crippen LogP contribution in [0.2, 0.25) is 0 Å². The van der Waals surface area contributed by atoms with Gasteiger partial charge in [0.1, 0.15) is 5.82 Å². The summed E-state index contributed by atoms with van der Waals surface area (Å²) in [7, 11) is -3.06. The number of sulfone groups is 1. The molecule has 114 valence electrons. The summed E-state index contributed by atoms with van der Waals surface area (Å²) >= 11 is 0. The van der Waals surface area contributed by atoms with Crippen LogP contribution in [0.1, 0.15) is 16.8 Å². The molecule has 1 fully saturated rings. The molecule has 1 aromatic rings. The molecule has 0 bridgehead atoms. The zero-order valence-electron chi connectivity index (χ0n) is 11.1. The Bertz CT molecular complexity index is 643. The molecule has 21 heavy (non-hydrogen) atoms. The highest BCUT2D eigenvalue weighted by atomic mass is 32.2. The van der Waals surface area contributed by atoms with E-state index < -0.39 is 33.5 Å². The number of hydrogen-bond acceptors (Lipinski definition) is 4. The summed E-state index contributed by atoms with van der Waals surface area (Å²) in [6, 6.07) is 4.53. The molecule has 1 aliphatic rings. The Labute approximate surface area is 121 Å². The molecule has 0 aromatic heterocycles. The van der Waals surface area contributed by atoms with E-state index in [-0.39, 0.29) is 23.6 Å². The molecule has 6 nitrogen and oxygen atoms in total. The predicted octanol–water partition coefficient (Wildman–Crippen LogP) is -0.141. The van der Waals surface area contributed by atoms with Gasteiger partial charge in [0.2, 0.25) is 5.91 Å². The van der Waals surface area contributed by atoms with Crippen molar-refractivity contribution in [2.75, 3.05) is 18.1 Å². The highest BCUT2D eigenvalue weighted by Crippen LogP contribution is 2.10. The zero-order valence-corrected chi connectivity index (χ0v) is 12.0. The molecule has 8 heteroatoms. The molecule has 1 atom stereocenters. The van der Waals surface area contributed by atoms with Crippen LogP contribution in [0.3, 0.4) is 0 Å². The molecular formula is C13H15FN2O4S. The SMILES string of the molecule is O=C(CNC(=O)c1ccc(F)cc1)NC1CCS(=O)(=O)C1. The summed E-state index contributed by atoms with van der Waals surface area (Å²) in [4.78, 5) is 23.3. The van der Waals surface area contributed by atoms with E-state index >= 15 is 0 Å². The van der Waals surface area contributed by atoms with Crippen LogP contribution in [-0.2, 0) is 14.6 Å². The number of benzene rings is 1. The van der Waals surface area contributed by atoms with E-state index in [9.17, 15) is 22.4 Å². The lowest BCUT2D eigenvalue weighted by Crippen LogP contribution is -2.42. The molecule has 2 N–H and O–H groups in total. The Balaban J connectivity index is 1.79. The third kappa shape index (κ3) is 4.52. The van der Waals surface area contributed by atoms with Gasteiger partial charge < -0.3 is 10.6 Å². The molecule has 0 aliphatic carbocycles. The van der Waals surface area contributed by atoms with Gasteiger partial charge in [0, 0.05) is 11.6 Å². The second-order valence-electron chi connectivity index (χ2n) is 4.86. The topological polar surface area (TPSA) is 92.3 Å². The van der Waals surface area contributed by atoms with Gasteiger partial charge in [0.05, 0.1) is 18.1 Å². The van der Waals surface area contributed by atoms with Gasteiger partial charge >= 0.3 is 0 Å². The monoisotopic (exact) mass is 314 g/mol. The number of hydrogen-bond donors (Lipinski definition) is 2. The van der Waals surface area contributed by atoms with Crippen molar-refractivity contribution in [3.8, 4) is 0 Å². The van der Waals surface area contributed by atoms with Crippen LogP contribution in [0.15, 0.2) is 24.3 Å². The van der Waals surface area contributed by atoms with E-state index in [2.05, 4.69) is 10.6 Å². The van der Waals surface area contributed by atoms with Crippen molar-refractivity contribution in [1.82, 2.24) is 10.6 Å². The standard InChI is InChI=1S/C13H15FN2O4S/c14-10-3-1-9(2-4-10)13(18)15-7-12(17)16-11-5-6-21(19,20)8-11/h1-4,11H,5-8H2,(H,15,18)(H,16,17). The van der Waals surface area contributed by atoms with Crippen molar-refractivity contribution in [3.63, 3.8) is 0 Å². The quantitative estimate of drug-likeness (QED) is 0.809. The van der Waals surface area contributed by atoms with Gasteiger partial charge in [-0.05, 0) is 30.7 Å². The van der Waals surface area contributed by atoms with Crippen molar-refractivity contribution in [2.45, 2.75) is 12.5 Å². The van der Waals surface area contributed by atoms with Gasteiger partial charge in [-0.1, -0.05) is 0 Å². The van der Waals surface area contributed by atoms with Crippen molar-refractivity contribution in [1.29, 1.82) is 0 Å². The molecule has 0 saturated carbocycles. The Morgan fingerprint density at radius 3 is 2.48 bits per heavy atom. The van der Waals surface area contributed by atoms with Crippen LogP contribution in [0.5, 0.6) is 0 Å². The average Bonchev–Trinajstić information content (AvgIpc) is 2.76. The fraction of sp³-hybridized carbons (Fsp3) is 0.385. The van der Waals surface area contributed by atoms with Crippen LogP contribution >= 0.6 is 0 Å². The van der Waals surface area contributed by atoms with Crippen molar-refractivity contribution in [3.05, 3.63) is 35.6 Å². The summed E-state index contributed by atoms with van der Waals surface area (Å²) in [5.41, 5.74) is 0.243. The second-order valence-corrected chi connectivity index (χ2v) is 7.09. The fourth-order valence-electron chi connectivity index (χ4n) is 2.05. The first-order chi connectivity index (χ1) is 9.85. The highest BCUT2D eigenvalue weighted by Gasteiger charge is 2.28. The summed E-state index contributed by atoms with van der Waals surface area (Å²) in [5, 5.41) is 4.95. The smallest absolute Gasteiger partial charge is 0.251 e. The molecule has 2 rings (SSSR count). The molecule has 0 spiro atoms. The number of carbonyl (C=O) groups is 2. The average molecular weight is 314 g/mol. The number of amides is 2. The Hall–Kier alpha value is -1.96. The minimum absolute atomic E-state index is 0.0648. The van der Waals surface area contributed by atoms with E-state index in [1.807, 2.05) is 0 Å². The highest BCUT2D eigenvalue weighted by molar-refractivity contribution is 7.91. The molecule has 1 heterocycles. The third-order valence-electron chi connectivity index (χ3n) is 3.11. The second kappa shape index (κ2) is 6.21. The maximum atomic E-state index is 12.7. The van der Waals surface area contributed by atoms with Crippen LogP contribution in [0, 0.1) is 5.82 Å². The Morgan fingerprint density at radius 1 is 1.24 bits per heavy atom. The summed E-state index contributed by atoms with van der Waals surface area (Å²) in [6.07, 6.45) is 0.389. The van der Waals surface area contributed by atoms with Gasteiger partial charge in [-0.3, -0.25) is 9.59 Å². The van der Waals surface area contributed by atoms with E-state index in [4.69, 9.17) is 0 Å². The first kappa shape index (κ1) is 15.4. The van der Waals surface area contributed by atoms with Gasteiger partial charge in [0.25, 0.3) is 5.91 Å². The van der Waals surface area contributed by atoms with Crippen molar-refractivity contribution >= 4 is 21.7 Å². The van der Waals surface area contributed by atoms with Crippen LogP contribution in [-0.4, -0.2) is 44.3 Å². The van der Waals surface area contributed by atoms with Gasteiger partial charge in [0.15, 0.2) is 9.84 Å². The third-order valence-corrected chi connectivity index (χ3v) is 4.88. The van der Waals surface area contributed by atoms with E-state index in [0.29, 0.717) is 6.42 Å². The largest absolute Gasteiger partial charge is 0.351 e. The first-order valence-electron chi connectivity index (χ1n) is 6.39. The number of carbonyl (C=O) groups excluding carboxylic acids is 2. The molecular weight excluding hydrogens is 299 g/mol. The lowest BCUT2D eigenvalue weighted by atomic mass is 10.2. The molecule has 1 aromatic carbocycles. The molecule has 0 radical (unpaired) electrons. The van der Waals surface area contributed by atoms with Crippen LogP contribution in [0.25, 0.3) is 0 Å². The molecule has 2 amide bonds. The fourth-order valence-corrected chi connectivity index (χ4v) is 3.72. The first-order valence-corrected chi connectivity index (χ1v) is 8.21. The number of halogens is 1. The van der Waals surface area contributed by atoms with E-state index in [1.165, 1.54) is 12.1 Å². The van der Waals surface area contributed by atoms with E-state index in [1.54, 1.807) is 0 Å². The minimum atomic E-state index is -3.06. The van der Waals surface area contributed by atoms with E-state index in [0.717, 1.165) is 12.1 Å². The summed E-state index contributed by atoms with van der Waals surface area (Å²) in [5.74, 6) is -1.40. The van der Waals surface area contributed by atoms with Crippen molar-refractivity contribution in [2.24, 2.45) is 0 Å². The van der Waals surface area contributed by atoms with Crippen LogP contribution in [0.4, 0.5) is 4.39 Å². The van der Waals surface area contributed by atoms with Crippen LogP contribution < -0.4 is 10.6 Å². The molecule has 1 unspecified atom stereocenters. The summed E-state index contributed by atoms with van der Waals surface area (Å²) < 4.78 is 35.2. The Kier molecular flexibility index (Phi) is 4.56. The lowest BCUT2D eigenvalue weighted by molar-refractivity contribution is -0.120. The molecule has 1 aliphatic heterocycles. The Morgan fingerprint density at radius 2 is 1.90 bits per heavy atom. The molecule has 1 saturated heterocycles. The maximum absolute atomic E-state index is 12.7. The number of nitrogens with one attached hydrogen (secondary N) is 2. The lowest BCUT2D eigenvalue weighted by Gasteiger charge is -2.11. The van der Waals surface area contributed by atoms with Gasteiger partial charge in [-0.15, -0.1) is 0 Å². The van der Waals surface area contributed by atoms with Crippen molar-refractivity contribution < 1.29 is 22.4 Å². The van der Waals surface area contributed by atoms with Gasteiger partial charge in [-0.2, -0.15) is 0 Å². The number of rotatable bonds is 4. The minimum Gasteiger partial charge on any atom is -0.351 e. The van der Waals surface area contributed by atoms with Gasteiger partial charge in [-0.25, -0.2) is 12.8 Å². The maximum Gasteiger partial charge on any atom is 0.251 e. The zero-order chi connectivity index (χ0) is 15.5.